The van der Waals surface area contributed by atoms with Gasteiger partial charge in [-0.15, -0.1) is 0 Å². The minimum atomic E-state index is -0.843. The van der Waals surface area contributed by atoms with Crippen molar-refractivity contribution in [3.63, 3.8) is 0 Å². The Kier molecular flexibility index (Phi) is 3.15. The SMILES string of the molecule is Cc1c(CNC(=O)C2(N)C3CCOC3C2(C)C)cnn1C. The molecule has 0 bridgehead atoms. The average Bonchev–Trinajstić information content (AvgIpc) is 3.04. The number of carbonyl (C=O) groups excluding carboxylic acids is 1. The zero-order valence-electron chi connectivity index (χ0n) is 13.1. The van der Waals surface area contributed by atoms with Gasteiger partial charge in [-0.25, -0.2) is 0 Å². The van der Waals surface area contributed by atoms with Crippen LogP contribution in [-0.4, -0.2) is 33.9 Å². The summed E-state index contributed by atoms with van der Waals surface area (Å²) in [5.41, 5.74) is 7.40. The van der Waals surface area contributed by atoms with Crippen LogP contribution in [0.2, 0.25) is 0 Å². The van der Waals surface area contributed by atoms with Gasteiger partial charge < -0.3 is 15.8 Å². The smallest absolute Gasteiger partial charge is 0.241 e. The van der Waals surface area contributed by atoms with Crippen LogP contribution < -0.4 is 11.1 Å². The van der Waals surface area contributed by atoms with Crippen molar-refractivity contribution in [2.24, 2.45) is 24.1 Å². The van der Waals surface area contributed by atoms with Crippen LogP contribution in [0, 0.1) is 18.3 Å². The summed E-state index contributed by atoms with van der Waals surface area (Å²) in [5.74, 6) is 0.0463. The molecule has 1 aromatic heterocycles. The number of nitrogens with zero attached hydrogens (tertiary/aromatic N) is 2. The highest BCUT2D eigenvalue weighted by molar-refractivity contribution is 5.89. The number of aryl methyl sites for hydroxylation is 1. The molecule has 3 unspecified atom stereocenters. The highest BCUT2D eigenvalue weighted by Crippen LogP contribution is 2.58. The van der Waals surface area contributed by atoms with E-state index in [9.17, 15) is 4.79 Å². The van der Waals surface area contributed by atoms with Crippen LogP contribution in [0.3, 0.4) is 0 Å². The minimum absolute atomic E-state index is 0.0810. The van der Waals surface area contributed by atoms with Crippen LogP contribution in [0.5, 0.6) is 0 Å². The third kappa shape index (κ3) is 1.78. The summed E-state index contributed by atoms with van der Waals surface area (Å²) in [6.07, 6.45) is 2.75. The van der Waals surface area contributed by atoms with E-state index in [1.807, 2.05) is 27.8 Å². The lowest BCUT2D eigenvalue weighted by molar-refractivity contribution is -0.175. The third-order valence-electron chi connectivity index (χ3n) is 5.61. The largest absolute Gasteiger partial charge is 0.377 e. The molecule has 2 heterocycles. The van der Waals surface area contributed by atoms with Crippen LogP contribution in [0.25, 0.3) is 0 Å². The first-order valence-corrected chi connectivity index (χ1v) is 7.46. The van der Waals surface area contributed by atoms with Gasteiger partial charge >= 0.3 is 0 Å². The summed E-state index contributed by atoms with van der Waals surface area (Å²) in [6.45, 7) is 7.20. The van der Waals surface area contributed by atoms with Gasteiger partial charge in [-0.2, -0.15) is 5.10 Å². The molecule has 1 aliphatic heterocycles. The molecule has 1 amide bonds. The van der Waals surface area contributed by atoms with Gasteiger partial charge in [0.15, 0.2) is 0 Å². The van der Waals surface area contributed by atoms with E-state index in [1.165, 1.54) is 0 Å². The van der Waals surface area contributed by atoms with E-state index in [1.54, 1.807) is 10.9 Å². The summed E-state index contributed by atoms with van der Waals surface area (Å²) < 4.78 is 7.52. The van der Waals surface area contributed by atoms with Gasteiger partial charge in [0.2, 0.25) is 5.91 Å². The lowest BCUT2D eigenvalue weighted by Crippen LogP contribution is -2.80. The summed E-state index contributed by atoms with van der Waals surface area (Å²) in [7, 11) is 1.89. The van der Waals surface area contributed by atoms with E-state index >= 15 is 0 Å². The van der Waals surface area contributed by atoms with E-state index < -0.39 is 5.54 Å². The Morgan fingerprint density at radius 3 is 2.95 bits per heavy atom. The predicted molar refractivity (Wildman–Crippen MR) is 78.3 cm³/mol. The Morgan fingerprint density at radius 1 is 1.62 bits per heavy atom. The summed E-state index contributed by atoms with van der Waals surface area (Å²) in [6, 6.07) is 0. The minimum Gasteiger partial charge on any atom is -0.377 e. The van der Waals surface area contributed by atoms with Crippen LogP contribution in [-0.2, 0) is 23.1 Å². The number of carbonyl (C=O) groups is 1. The number of ether oxygens (including phenoxy) is 1. The third-order valence-corrected chi connectivity index (χ3v) is 5.61. The van der Waals surface area contributed by atoms with Crippen molar-refractivity contribution in [2.45, 2.75) is 45.4 Å². The number of hydrogen-bond acceptors (Lipinski definition) is 4. The number of fused-ring (bicyclic) bond motifs is 1. The molecule has 2 aliphatic rings. The second-order valence-corrected chi connectivity index (χ2v) is 6.84. The molecule has 116 valence electrons. The molecule has 1 saturated carbocycles. The molecule has 3 rings (SSSR count). The maximum Gasteiger partial charge on any atom is 0.241 e. The van der Waals surface area contributed by atoms with Crippen molar-refractivity contribution in [1.82, 2.24) is 15.1 Å². The normalized spacial score (nSPS) is 33.4. The monoisotopic (exact) mass is 292 g/mol. The molecular formula is C15H24N4O2. The van der Waals surface area contributed by atoms with Gasteiger partial charge in [0, 0.05) is 42.8 Å². The highest BCUT2D eigenvalue weighted by atomic mass is 16.5. The van der Waals surface area contributed by atoms with Crippen molar-refractivity contribution < 1.29 is 9.53 Å². The summed E-state index contributed by atoms with van der Waals surface area (Å²) >= 11 is 0. The molecule has 3 N–H and O–H groups in total. The summed E-state index contributed by atoms with van der Waals surface area (Å²) in [5, 5.41) is 7.18. The van der Waals surface area contributed by atoms with Crippen molar-refractivity contribution in [2.75, 3.05) is 6.61 Å². The van der Waals surface area contributed by atoms with Crippen LogP contribution in [0.4, 0.5) is 0 Å². The van der Waals surface area contributed by atoms with E-state index in [4.69, 9.17) is 10.5 Å². The number of rotatable bonds is 3. The fourth-order valence-electron chi connectivity index (χ4n) is 3.88. The first kappa shape index (κ1) is 14.5. The molecule has 0 spiro atoms. The second kappa shape index (κ2) is 4.55. The zero-order valence-corrected chi connectivity index (χ0v) is 13.1. The molecule has 0 aromatic carbocycles. The molecule has 1 aliphatic carbocycles. The number of amides is 1. The number of nitrogens with two attached hydrogens (primary N) is 1. The Morgan fingerprint density at radius 2 is 2.33 bits per heavy atom. The topological polar surface area (TPSA) is 82.2 Å². The Bertz CT molecular complexity index is 580. The van der Waals surface area contributed by atoms with Crippen molar-refractivity contribution in [3.8, 4) is 0 Å². The van der Waals surface area contributed by atoms with Crippen LogP contribution >= 0.6 is 0 Å². The number of hydrogen-bond donors (Lipinski definition) is 2. The van der Waals surface area contributed by atoms with E-state index in [0.717, 1.165) is 17.7 Å². The Balaban J connectivity index is 1.72. The fourth-order valence-corrected chi connectivity index (χ4v) is 3.88. The van der Waals surface area contributed by atoms with Crippen molar-refractivity contribution in [1.29, 1.82) is 0 Å². The standard InChI is InChI=1S/C15H24N4O2/c1-9-10(8-18-19(9)4)7-17-13(20)15(16)11-5-6-21-12(11)14(15,2)3/h8,11-12H,5-7,16H2,1-4H3,(H,17,20). The molecular weight excluding hydrogens is 268 g/mol. The van der Waals surface area contributed by atoms with Crippen molar-refractivity contribution in [3.05, 3.63) is 17.5 Å². The Labute approximate surface area is 125 Å². The molecule has 3 atom stereocenters. The number of nitrogens with one attached hydrogen (secondary N) is 1. The van der Waals surface area contributed by atoms with E-state index in [2.05, 4.69) is 10.4 Å². The van der Waals surface area contributed by atoms with Crippen molar-refractivity contribution >= 4 is 5.91 Å². The quantitative estimate of drug-likeness (QED) is 0.849. The van der Waals surface area contributed by atoms with Gasteiger partial charge in [-0.3, -0.25) is 9.48 Å². The molecule has 2 fully saturated rings. The van der Waals surface area contributed by atoms with Gasteiger partial charge in [-0.1, -0.05) is 13.8 Å². The summed E-state index contributed by atoms with van der Waals surface area (Å²) in [4.78, 5) is 12.7. The predicted octanol–water partition coefficient (Wildman–Crippen LogP) is 0.487. The molecule has 6 nitrogen and oxygen atoms in total. The average molecular weight is 292 g/mol. The lowest BCUT2D eigenvalue weighted by atomic mass is 9.48. The van der Waals surface area contributed by atoms with Gasteiger partial charge in [-0.05, 0) is 13.3 Å². The van der Waals surface area contributed by atoms with E-state index in [-0.39, 0.29) is 23.3 Å². The van der Waals surface area contributed by atoms with Gasteiger partial charge in [0.1, 0.15) is 5.54 Å². The maximum absolute atomic E-state index is 12.7. The molecule has 0 radical (unpaired) electrons. The van der Waals surface area contributed by atoms with Gasteiger partial charge in [0.05, 0.1) is 12.3 Å². The highest BCUT2D eigenvalue weighted by Gasteiger charge is 2.71. The lowest BCUT2D eigenvalue weighted by Gasteiger charge is -2.60. The van der Waals surface area contributed by atoms with Crippen LogP contribution in [0.1, 0.15) is 31.5 Å². The first-order chi connectivity index (χ1) is 9.80. The Hall–Kier alpha value is -1.40. The maximum atomic E-state index is 12.7. The zero-order chi connectivity index (χ0) is 15.4. The van der Waals surface area contributed by atoms with E-state index in [0.29, 0.717) is 13.2 Å². The second-order valence-electron chi connectivity index (χ2n) is 6.84. The molecule has 1 saturated heterocycles. The molecule has 1 aromatic rings. The molecule has 21 heavy (non-hydrogen) atoms. The molecule has 6 heteroatoms. The van der Waals surface area contributed by atoms with Crippen LogP contribution in [0.15, 0.2) is 6.20 Å². The van der Waals surface area contributed by atoms with Gasteiger partial charge in [0.25, 0.3) is 0 Å². The fraction of sp³-hybridized carbons (Fsp3) is 0.733. The first-order valence-electron chi connectivity index (χ1n) is 7.46. The number of aromatic nitrogens is 2.